The van der Waals surface area contributed by atoms with Crippen molar-refractivity contribution in [2.24, 2.45) is 5.41 Å². The lowest BCUT2D eigenvalue weighted by Crippen LogP contribution is -2.50. The van der Waals surface area contributed by atoms with E-state index in [1.54, 1.807) is 0 Å². The summed E-state index contributed by atoms with van der Waals surface area (Å²) < 4.78 is 53.7. The molecule has 1 atom stereocenters. The minimum atomic E-state index is -3.01. The summed E-state index contributed by atoms with van der Waals surface area (Å²) in [5.41, 5.74) is -0.417. The number of benzene rings is 1. The first-order chi connectivity index (χ1) is 9.60. The summed E-state index contributed by atoms with van der Waals surface area (Å²) in [5, 5.41) is 0. The Kier molecular flexibility index (Phi) is 4.22. The molecule has 1 heterocycles. The molecule has 0 radical (unpaired) electrons. The minimum Gasteiger partial charge on any atom is -0.435 e. The molecular weight excluding hydrogens is 285 g/mol. The van der Waals surface area contributed by atoms with Crippen molar-refractivity contribution in [3.63, 3.8) is 0 Å². The van der Waals surface area contributed by atoms with Crippen molar-refractivity contribution < 1.29 is 27.4 Å². The van der Waals surface area contributed by atoms with Gasteiger partial charge < -0.3 is 14.2 Å². The Morgan fingerprint density at radius 3 is 2.43 bits per heavy atom. The Balaban J connectivity index is 2.25. The minimum absolute atomic E-state index is 0.223. The van der Waals surface area contributed by atoms with Gasteiger partial charge in [0.1, 0.15) is 11.6 Å². The molecule has 6 heteroatoms. The number of rotatable bonds is 3. The monoisotopic (exact) mass is 304 g/mol. The zero-order valence-electron chi connectivity index (χ0n) is 12.5. The highest BCUT2D eigenvalue weighted by Gasteiger charge is 2.45. The molecule has 1 saturated heterocycles. The molecule has 0 aromatic heterocycles. The maximum atomic E-state index is 13.5. The lowest BCUT2D eigenvalue weighted by Gasteiger charge is -2.48. The van der Waals surface area contributed by atoms with Gasteiger partial charge in [-0.05, 0) is 26.0 Å². The van der Waals surface area contributed by atoms with Gasteiger partial charge in [-0.2, -0.15) is 8.78 Å². The van der Waals surface area contributed by atoms with Crippen LogP contribution < -0.4 is 4.74 Å². The summed E-state index contributed by atoms with van der Waals surface area (Å²) in [6.07, 6.45) is -0.816. The zero-order chi connectivity index (χ0) is 15.8. The fourth-order valence-corrected chi connectivity index (χ4v) is 1.97. The summed E-state index contributed by atoms with van der Waals surface area (Å²) in [6, 6.07) is 3.39. The summed E-state index contributed by atoms with van der Waals surface area (Å²) in [7, 11) is 0. The normalized spacial score (nSPS) is 24.1. The second kappa shape index (κ2) is 5.50. The molecule has 0 bridgehead atoms. The van der Waals surface area contributed by atoms with Crippen molar-refractivity contribution in [2.45, 2.75) is 46.2 Å². The number of halogens is 3. The number of hydrogen-bond donors (Lipinski definition) is 0. The summed E-state index contributed by atoms with van der Waals surface area (Å²) in [4.78, 5) is 0. The van der Waals surface area contributed by atoms with Gasteiger partial charge >= 0.3 is 6.61 Å². The first-order valence-corrected chi connectivity index (χ1v) is 6.65. The summed E-state index contributed by atoms with van der Waals surface area (Å²) in [5.74, 6) is -0.937. The molecule has 1 fully saturated rings. The molecule has 0 aliphatic carbocycles. The van der Waals surface area contributed by atoms with Crippen LogP contribution in [0.25, 0.3) is 0 Å². The Hall–Kier alpha value is -1.27. The van der Waals surface area contributed by atoms with E-state index in [0.717, 1.165) is 6.07 Å². The fourth-order valence-electron chi connectivity index (χ4n) is 1.97. The SMILES string of the molecule is CC1(C)COC(c2cc(F)cc(OC(F)F)c2)OC1(C)C. The van der Waals surface area contributed by atoms with E-state index in [2.05, 4.69) is 4.74 Å². The molecule has 118 valence electrons. The van der Waals surface area contributed by atoms with Gasteiger partial charge in [-0.15, -0.1) is 0 Å². The van der Waals surface area contributed by atoms with Crippen LogP contribution in [0.3, 0.4) is 0 Å². The van der Waals surface area contributed by atoms with Gasteiger partial charge in [0.25, 0.3) is 0 Å². The van der Waals surface area contributed by atoms with Crippen LogP contribution in [0.1, 0.15) is 39.5 Å². The van der Waals surface area contributed by atoms with Crippen LogP contribution >= 0.6 is 0 Å². The van der Waals surface area contributed by atoms with E-state index in [0.29, 0.717) is 12.2 Å². The molecular formula is C15H19F3O3. The Morgan fingerprint density at radius 1 is 1.19 bits per heavy atom. The standard InChI is InChI=1S/C15H19F3O3/c1-14(2)8-19-12(21-15(14,3)4)9-5-10(16)7-11(6-9)20-13(17)18/h5-7,12-13H,8H2,1-4H3. The van der Waals surface area contributed by atoms with Crippen LogP contribution in [-0.4, -0.2) is 18.8 Å². The average Bonchev–Trinajstić information content (AvgIpc) is 2.31. The number of hydrogen-bond acceptors (Lipinski definition) is 3. The molecule has 2 rings (SSSR count). The van der Waals surface area contributed by atoms with Crippen molar-refractivity contribution in [1.82, 2.24) is 0 Å². The van der Waals surface area contributed by atoms with Gasteiger partial charge in [0.2, 0.25) is 0 Å². The third-order valence-electron chi connectivity index (χ3n) is 4.02. The van der Waals surface area contributed by atoms with E-state index in [1.165, 1.54) is 12.1 Å². The topological polar surface area (TPSA) is 27.7 Å². The van der Waals surface area contributed by atoms with Crippen LogP contribution in [0.15, 0.2) is 18.2 Å². The van der Waals surface area contributed by atoms with Crippen molar-refractivity contribution in [3.8, 4) is 5.75 Å². The summed E-state index contributed by atoms with van der Waals surface area (Å²) >= 11 is 0. The van der Waals surface area contributed by atoms with Gasteiger partial charge in [0, 0.05) is 17.0 Å². The predicted molar refractivity (Wildman–Crippen MR) is 70.7 cm³/mol. The zero-order valence-corrected chi connectivity index (χ0v) is 12.5. The Bertz CT molecular complexity index is 515. The predicted octanol–water partition coefficient (Wildman–Crippen LogP) is 4.28. The van der Waals surface area contributed by atoms with E-state index < -0.39 is 24.3 Å². The molecule has 3 nitrogen and oxygen atoms in total. The van der Waals surface area contributed by atoms with Crippen LogP contribution in [0, 0.1) is 11.2 Å². The lowest BCUT2D eigenvalue weighted by atomic mass is 9.77. The molecule has 1 unspecified atom stereocenters. The smallest absolute Gasteiger partial charge is 0.387 e. The van der Waals surface area contributed by atoms with E-state index in [-0.39, 0.29) is 11.2 Å². The molecule has 0 N–H and O–H groups in total. The van der Waals surface area contributed by atoms with Gasteiger partial charge in [-0.1, -0.05) is 13.8 Å². The highest BCUT2D eigenvalue weighted by Crippen LogP contribution is 2.44. The van der Waals surface area contributed by atoms with Crippen molar-refractivity contribution in [2.75, 3.05) is 6.61 Å². The molecule has 0 spiro atoms. The first-order valence-electron chi connectivity index (χ1n) is 6.65. The molecule has 21 heavy (non-hydrogen) atoms. The largest absolute Gasteiger partial charge is 0.435 e. The average molecular weight is 304 g/mol. The molecule has 0 saturated carbocycles. The Morgan fingerprint density at radius 2 is 1.86 bits per heavy atom. The number of alkyl halides is 2. The second-order valence-corrected chi connectivity index (χ2v) is 6.25. The lowest BCUT2D eigenvalue weighted by molar-refractivity contribution is -0.300. The van der Waals surface area contributed by atoms with Gasteiger partial charge in [-0.3, -0.25) is 0 Å². The Labute approximate surface area is 122 Å². The van der Waals surface area contributed by atoms with Gasteiger partial charge in [-0.25, -0.2) is 4.39 Å². The maximum Gasteiger partial charge on any atom is 0.387 e. The van der Waals surface area contributed by atoms with E-state index in [4.69, 9.17) is 9.47 Å². The van der Waals surface area contributed by atoms with Gasteiger partial charge in [0.05, 0.1) is 12.2 Å². The molecule has 1 aliphatic rings. The second-order valence-electron chi connectivity index (χ2n) is 6.25. The third-order valence-corrected chi connectivity index (χ3v) is 4.02. The summed E-state index contributed by atoms with van der Waals surface area (Å²) in [6.45, 7) is 5.23. The van der Waals surface area contributed by atoms with Crippen LogP contribution in [-0.2, 0) is 9.47 Å². The van der Waals surface area contributed by atoms with Crippen molar-refractivity contribution in [3.05, 3.63) is 29.6 Å². The number of ether oxygens (including phenoxy) is 3. The van der Waals surface area contributed by atoms with E-state index in [9.17, 15) is 13.2 Å². The van der Waals surface area contributed by atoms with Gasteiger partial charge in [0.15, 0.2) is 6.29 Å². The third kappa shape index (κ3) is 3.49. The van der Waals surface area contributed by atoms with Crippen molar-refractivity contribution >= 4 is 0 Å². The van der Waals surface area contributed by atoms with Crippen LogP contribution in [0.5, 0.6) is 5.75 Å². The van der Waals surface area contributed by atoms with E-state index in [1.807, 2.05) is 27.7 Å². The highest BCUT2D eigenvalue weighted by molar-refractivity contribution is 5.30. The molecule has 1 aromatic rings. The highest BCUT2D eigenvalue weighted by atomic mass is 19.3. The van der Waals surface area contributed by atoms with E-state index >= 15 is 0 Å². The molecule has 1 aromatic carbocycles. The fraction of sp³-hybridized carbons (Fsp3) is 0.600. The molecule has 1 aliphatic heterocycles. The molecule has 0 amide bonds. The van der Waals surface area contributed by atoms with Crippen LogP contribution in [0.2, 0.25) is 0 Å². The quantitative estimate of drug-likeness (QED) is 0.834. The van der Waals surface area contributed by atoms with Crippen molar-refractivity contribution in [1.29, 1.82) is 0 Å². The first kappa shape index (κ1) is 16.1. The maximum absolute atomic E-state index is 13.5. The van der Waals surface area contributed by atoms with Crippen LogP contribution in [0.4, 0.5) is 13.2 Å².